The molecule has 0 aromatic carbocycles. The molecule has 22 heavy (non-hydrogen) atoms. The number of aromatic nitrogens is 1. The topological polar surface area (TPSA) is 65.5 Å². The summed E-state index contributed by atoms with van der Waals surface area (Å²) in [5.41, 5.74) is 0. The lowest BCUT2D eigenvalue weighted by Crippen LogP contribution is -2.50. The standard InChI is InChI=1S/C14H24N4O2S2/c1-12-16-14(11-21-12)22(19,20)18-7-5-17(6-8-18)10-13-3-2-4-15-9-13/h11,13,15H,2-10H2,1H3. The summed E-state index contributed by atoms with van der Waals surface area (Å²) in [7, 11) is -3.40. The summed E-state index contributed by atoms with van der Waals surface area (Å²) in [6, 6.07) is 0. The summed E-state index contributed by atoms with van der Waals surface area (Å²) in [4.78, 5) is 6.54. The quantitative estimate of drug-likeness (QED) is 0.873. The van der Waals surface area contributed by atoms with E-state index in [1.165, 1.54) is 24.2 Å². The summed E-state index contributed by atoms with van der Waals surface area (Å²) >= 11 is 1.38. The van der Waals surface area contributed by atoms with Crippen LogP contribution in [-0.4, -0.2) is 68.4 Å². The minimum Gasteiger partial charge on any atom is -0.316 e. The van der Waals surface area contributed by atoms with Crippen molar-refractivity contribution in [3.8, 4) is 0 Å². The predicted octanol–water partition coefficient (Wildman–Crippen LogP) is 0.757. The number of nitrogens with one attached hydrogen (secondary N) is 1. The highest BCUT2D eigenvalue weighted by Gasteiger charge is 2.30. The Bertz CT molecular complexity index is 588. The molecule has 6 nitrogen and oxygen atoms in total. The first-order valence-corrected chi connectivity index (χ1v) is 10.2. The third-order valence-corrected chi connectivity index (χ3v) is 7.15. The Morgan fingerprint density at radius 2 is 2.14 bits per heavy atom. The summed E-state index contributed by atoms with van der Waals surface area (Å²) in [6.45, 7) is 7.92. The van der Waals surface area contributed by atoms with E-state index in [1.54, 1.807) is 9.69 Å². The van der Waals surface area contributed by atoms with E-state index in [4.69, 9.17) is 0 Å². The van der Waals surface area contributed by atoms with Gasteiger partial charge in [-0.2, -0.15) is 4.31 Å². The van der Waals surface area contributed by atoms with E-state index in [0.717, 1.165) is 37.7 Å². The molecule has 3 rings (SSSR count). The fourth-order valence-electron chi connectivity index (χ4n) is 3.19. The average Bonchev–Trinajstić information content (AvgIpc) is 2.96. The van der Waals surface area contributed by atoms with Crippen LogP contribution in [0.1, 0.15) is 17.8 Å². The third kappa shape index (κ3) is 3.68. The van der Waals surface area contributed by atoms with Gasteiger partial charge in [0.15, 0.2) is 5.03 Å². The van der Waals surface area contributed by atoms with Gasteiger partial charge in [-0.1, -0.05) is 0 Å². The van der Waals surface area contributed by atoms with Gasteiger partial charge in [0, 0.05) is 38.1 Å². The molecule has 1 N–H and O–H groups in total. The molecule has 1 unspecified atom stereocenters. The molecule has 124 valence electrons. The molecule has 1 aromatic rings. The van der Waals surface area contributed by atoms with E-state index < -0.39 is 10.0 Å². The molecule has 0 spiro atoms. The van der Waals surface area contributed by atoms with Gasteiger partial charge in [0.1, 0.15) is 0 Å². The van der Waals surface area contributed by atoms with E-state index in [1.807, 2.05) is 6.92 Å². The van der Waals surface area contributed by atoms with Gasteiger partial charge in [0.2, 0.25) is 0 Å². The smallest absolute Gasteiger partial charge is 0.261 e. The molecule has 2 aliphatic rings. The molecule has 0 bridgehead atoms. The second-order valence-electron chi connectivity index (χ2n) is 6.12. The second kappa shape index (κ2) is 6.92. The van der Waals surface area contributed by atoms with E-state index in [9.17, 15) is 8.42 Å². The first-order valence-electron chi connectivity index (χ1n) is 7.91. The maximum absolute atomic E-state index is 12.5. The lowest BCUT2D eigenvalue weighted by Gasteiger charge is -2.36. The molecule has 0 radical (unpaired) electrons. The van der Waals surface area contributed by atoms with Gasteiger partial charge in [-0.05, 0) is 38.8 Å². The van der Waals surface area contributed by atoms with Gasteiger partial charge in [-0.25, -0.2) is 13.4 Å². The molecule has 1 atom stereocenters. The maximum Gasteiger partial charge on any atom is 0.261 e. The zero-order chi connectivity index (χ0) is 15.6. The largest absolute Gasteiger partial charge is 0.316 e. The minimum atomic E-state index is -3.40. The number of aryl methyl sites for hydroxylation is 1. The Hall–Kier alpha value is -0.540. The Morgan fingerprint density at radius 1 is 1.36 bits per heavy atom. The lowest BCUT2D eigenvalue weighted by atomic mass is 9.99. The molecule has 0 saturated carbocycles. The Morgan fingerprint density at radius 3 is 2.73 bits per heavy atom. The fraction of sp³-hybridized carbons (Fsp3) is 0.786. The summed E-state index contributed by atoms with van der Waals surface area (Å²) in [5, 5.41) is 6.09. The normalized spacial score (nSPS) is 25.4. The van der Waals surface area contributed by atoms with E-state index in [2.05, 4.69) is 15.2 Å². The van der Waals surface area contributed by atoms with Crippen molar-refractivity contribution >= 4 is 21.4 Å². The van der Waals surface area contributed by atoms with Crippen LogP contribution in [0.5, 0.6) is 0 Å². The molecule has 0 amide bonds. The minimum absolute atomic E-state index is 0.208. The van der Waals surface area contributed by atoms with Gasteiger partial charge in [-0.15, -0.1) is 11.3 Å². The van der Waals surface area contributed by atoms with E-state index in [-0.39, 0.29) is 5.03 Å². The maximum atomic E-state index is 12.5. The second-order valence-corrected chi connectivity index (χ2v) is 9.07. The van der Waals surface area contributed by atoms with Crippen molar-refractivity contribution in [2.24, 2.45) is 5.92 Å². The van der Waals surface area contributed by atoms with Crippen LogP contribution in [-0.2, 0) is 10.0 Å². The van der Waals surface area contributed by atoms with Crippen molar-refractivity contribution in [3.05, 3.63) is 10.4 Å². The van der Waals surface area contributed by atoms with E-state index >= 15 is 0 Å². The van der Waals surface area contributed by atoms with Crippen molar-refractivity contribution in [3.63, 3.8) is 0 Å². The van der Waals surface area contributed by atoms with Crippen LogP contribution in [0.25, 0.3) is 0 Å². The van der Waals surface area contributed by atoms with Crippen molar-refractivity contribution < 1.29 is 8.42 Å². The lowest BCUT2D eigenvalue weighted by molar-refractivity contribution is 0.154. The van der Waals surface area contributed by atoms with Crippen LogP contribution in [0, 0.1) is 12.8 Å². The summed E-state index contributed by atoms with van der Waals surface area (Å²) in [6.07, 6.45) is 2.53. The van der Waals surface area contributed by atoms with Crippen LogP contribution in [0.15, 0.2) is 10.4 Å². The number of rotatable bonds is 4. The van der Waals surface area contributed by atoms with Crippen LogP contribution in [0.4, 0.5) is 0 Å². The summed E-state index contributed by atoms with van der Waals surface area (Å²) in [5.74, 6) is 0.707. The van der Waals surface area contributed by atoms with Crippen molar-refractivity contribution in [1.82, 2.24) is 19.5 Å². The van der Waals surface area contributed by atoms with Gasteiger partial charge >= 0.3 is 0 Å². The highest BCUT2D eigenvalue weighted by Crippen LogP contribution is 2.20. The Labute approximate surface area is 136 Å². The van der Waals surface area contributed by atoms with Crippen molar-refractivity contribution in [2.75, 3.05) is 45.8 Å². The number of hydrogen-bond acceptors (Lipinski definition) is 6. The highest BCUT2D eigenvalue weighted by molar-refractivity contribution is 7.89. The number of sulfonamides is 1. The van der Waals surface area contributed by atoms with Crippen LogP contribution >= 0.6 is 11.3 Å². The SMILES string of the molecule is Cc1nc(S(=O)(=O)N2CCN(CC3CCCNC3)CC2)cs1. The fourth-order valence-corrected chi connectivity index (χ4v) is 5.52. The van der Waals surface area contributed by atoms with Crippen LogP contribution in [0.3, 0.4) is 0 Å². The third-order valence-electron chi connectivity index (χ3n) is 4.45. The summed E-state index contributed by atoms with van der Waals surface area (Å²) < 4.78 is 26.7. The zero-order valence-corrected chi connectivity index (χ0v) is 14.6. The Balaban J connectivity index is 1.55. The van der Waals surface area contributed by atoms with Gasteiger partial charge in [0.05, 0.1) is 5.01 Å². The molecular formula is C14H24N4O2S2. The van der Waals surface area contributed by atoms with E-state index in [0.29, 0.717) is 19.0 Å². The number of piperazine rings is 1. The number of nitrogens with zero attached hydrogens (tertiary/aromatic N) is 3. The van der Waals surface area contributed by atoms with Crippen LogP contribution in [0.2, 0.25) is 0 Å². The van der Waals surface area contributed by atoms with Gasteiger partial charge < -0.3 is 10.2 Å². The number of piperidine rings is 1. The first kappa shape index (κ1) is 16.3. The van der Waals surface area contributed by atoms with Crippen molar-refractivity contribution in [1.29, 1.82) is 0 Å². The van der Waals surface area contributed by atoms with Crippen LogP contribution < -0.4 is 5.32 Å². The molecule has 2 saturated heterocycles. The number of hydrogen-bond donors (Lipinski definition) is 1. The zero-order valence-electron chi connectivity index (χ0n) is 13.0. The van der Waals surface area contributed by atoms with Crippen molar-refractivity contribution in [2.45, 2.75) is 24.8 Å². The number of thiazole rings is 1. The molecule has 2 aliphatic heterocycles. The first-order chi connectivity index (χ1) is 10.6. The predicted molar refractivity (Wildman–Crippen MR) is 87.6 cm³/mol. The molecular weight excluding hydrogens is 320 g/mol. The highest BCUT2D eigenvalue weighted by atomic mass is 32.2. The molecule has 0 aliphatic carbocycles. The molecule has 2 fully saturated rings. The molecule has 3 heterocycles. The van der Waals surface area contributed by atoms with Gasteiger partial charge in [0.25, 0.3) is 10.0 Å². The Kier molecular flexibility index (Phi) is 5.13. The average molecular weight is 345 g/mol. The molecule has 8 heteroatoms. The monoisotopic (exact) mass is 344 g/mol. The van der Waals surface area contributed by atoms with Gasteiger partial charge in [-0.3, -0.25) is 0 Å². The molecule has 1 aromatic heterocycles.